The van der Waals surface area contributed by atoms with E-state index in [0.717, 1.165) is 30.6 Å². The number of hydrogen-bond donors (Lipinski definition) is 3. The molecule has 0 unspecified atom stereocenters. The zero-order valence-corrected chi connectivity index (χ0v) is 21.9. The summed E-state index contributed by atoms with van der Waals surface area (Å²) in [6.07, 6.45) is 0.0633. The molecular weight excluding hydrogens is 507 g/mol. The van der Waals surface area contributed by atoms with E-state index in [0.29, 0.717) is 35.4 Å². The second-order valence-corrected chi connectivity index (χ2v) is 10.8. The highest BCUT2D eigenvalue weighted by atomic mass is 32.1. The summed E-state index contributed by atoms with van der Waals surface area (Å²) in [5.74, 6) is -0.685. The van der Waals surface area contributed by atoms with Crippen LogP contribution in [-0.2, 0) is 0 Å². The van der Waals surface area contributed by atoms with Gasteiger partial charge in [-0.2, -0.15) is 13.2 Å². The van der Waals surface area contributed by atoms with Crippen molar-refractivity contribution in [1.82, 2.24) is 20.2 Å². The molecule has 8 nitrogen and oxygen atoms in total. The number of rotatable bonds is 7. The van der Waals surface area contributed by atoms with Gasteiger partial charge in [-0.05, 0) is 64.0 Å². The Kier molecular flexibility index (Phi) is 8.08. The van der Waals surface area contributed by atoms with Crippen molar-refractivity contribution >= 4 is 29.0 Å². The fraction of sp³-hybridized carbons (Fsp3) is 0.600. The summed E-state index contributed by atoms with van der Waals surface area (Å²) in [5, 5.41) is 15.4. The van der Waals surface area contributed by atoms with Crippen molar-refractivity contribution in [2.24, 2.45) is 0 Å². The maximum atomic E-state index is 13.5. The van der Waals surface area contributed by atoms with Gasteiger partial charge in [0, 0.05) is 24.3 Å². The molecule has 2 aliphatic rings. The second-order valence-electron chi connectivity index (χ2n) is 9.80. The number of pyridine rings is 1. The van der Waals surface area contributed by atoms with E-state index < -0.39 is 24.2 Å². The Hall–Kier alpha value is -2.73. The van der Waals surface area contributed by atoms with Crippen LogP contribution in [-0.4, -0.2) is 68.7 Å². The van der Waals surface area contributed by atoms with Crippen LogP contribution in [0.5, 0.6) is 0 Å². The average Bonchev–Trinajstić information content (AvgIpc) is 3.57. The monoisotopic (exact) mass is 539 g/mol. The lowest BCUT2D eigenvalue weighted by atomic mass is 10.1. The number of aromatic nitrogens is 2. The third-order valence-corrected chi connectivity index (χ3v) is 8.20. The number of carbonyl (C=O) groups excluding carboxylic acids is 2. The maximum Gasteiger partial charge on any atom is 0.408 e. The molecule has 0 bridgehead atoms. The number of amides is 2. The van der Waals surface area contributed by atoms with Crippen LogP contribution in [0.2, 0.25) is 0 Å². The largest absolute Gasteiger partial charge is 0.408 e. The minimum Gasteiger partial charge on any atom is -0.391 e. The van der Waals surface area contributed by atoms with E-state index in [-0.39, 0.29) is 40.9 Å². The van der Waals surface area contributed by atoms with Crippen molar-refractivity contribution in [1.29, 1.82) is 0 Å². The first-order valence-electron chi connectivity index (χ1n) is 12.6. The fourth-order valence-electron chi connectivity index (χ4n) is 4.92. The van der Waals surface area contributed by atoms with Crippen molar-refractivity contribution < 1.29 is 27.9 Å². The van der Waals surface area contributed by atoms with E-state index in [9.17, 15) is 27.9 Å². The van der Waals surface area contributed by atoms with Gasteiger partial charge in [0.25, 0.3) is 11.8 Å². The first-order valence-corrected chi connectivity index (χ1v) is 13.4. The summed E-state index contributed by atoms with van der Waals surface area (Å²) in [4.78, 5) is 37.3. The normalized spacial score (nSPS) is 22.8. The number of hydrogen-bond acceptors (Lipinski definition) is 7. The van der Waals surface area contributed by atoms with Crippen molar-refractivity contribution in [2.45, 2.75) is 89.7 Å². The molecule has 1 saturated heterocycles. The molecule has 3 heterocycles. The molecule has 2 amide bonds. The van der Waals surface area contributed by atoms with Gasteiger partial charge in [0.1, 0.15) is 17.6 Å². The lowest BCUT2D eigenvalue weighted by molar-refractivity contribution is -0.142. The fourth-order valence-corrected chi connectivity index (χ4v) is 5.96. The molecular formula is C25H32F3N5O3S. The minimum absolute atomic E-state index is 0.0344. The van der Waals surface area contributed by atoms with E-state index in [2.05, 4.69) is 20.6 Å². The van der Waals surface area contributed by atoms with Gasteiger partial charge in [-0.25, -0.2) is 9.97 Å². The lowest BCUT2D eigenvalue weighted by Gasteiger charge is -2.22. The summed E-state index contributed by atoms with van der Waals surface area (Å²) in [6, 6.07) is -0.563. The molecule has 3 N–H and O–H groups in total. The standard InChI is InChI=1S/C25H32F3N5O3S/c1-4-18(25(26,27)28)31-19-11-13(2)15(12-29-19)21-20(24(36)33-10-6-7-14(33)3)32-23(37-21)22(35)30-16-8-5-9-17(16)34/h11-12,14,16-18,34H,4-10H2,1-3H3,(H,29,31)(H,30,35)/t14-,16-,17-,18-/m0/s1. The summed E-state index contributed by atoms with van der Waals surface area (Å²) in [7, 11) is 0. The predicted molar refractivity (Wildman–Crippen MR) is 135 cm³/mol. The van der Waals surface area contributed by atoms with E-state index in [4.69, 9.17) is 0 Å². The SMILES string of the molecule is CC[C@H](Nc1cc(C)c(-c2sc(C(=O)N[C@H]3CCC[C@@H]3O)nc2C(=O)N2CCC[C@@H]2C)cn1)C(F)(F)F. The third-order valence-electron chi connectivity index (χ3n) is 7.11. The minimum atomic E-state index is -4.41. The first-order chi connectivity index (χ1) is 17.5. The molecule has 202 valence electrons. The Balaban J connectivity index is 1.67. The van der Waals surface area contributed by atoms with Crippen molar-refractivity contribution in [2.75, 3.05) is 11.9 Å². The number of aliphatic hydroxyl groups excluding tert-OH is 1. The van der Waals surface area contributed by atoms with E-state index in [1.807, 2.05) is 6.92 Å². The number of aryl methyl sites for hydroxylation is 1. The van der Waals surface area contributed by atoms with Crippen molar-refractivity contribution in [3.63, 3.8) is 0 Å². The number of aliphatic hydroxyl groups is 1. The van der Waals surface area contributed by atoms with Gasteiger partial charge in [-0.15, -0.1) is 11.3 Å². The second kappa shape index (κ2) is 10.9. The Morgan fingerprint density at radius 2 is 2.03 bits per heavy atom. The molecule has 2 aromatic heterocycles. The molecule has 4 atom stereocenters. The lowest BCUT2D eigenvalue weighted by Crippen LogP contribution is -2.40. The Morgan fingerprint density at radius 3 is 2.59 bits per heavy atom. The van der Waals surface area contributed by atoms with Crippen LogP contribution in [0.15, 0.2) is 12.3 Å². The van der Waals surface area contributed by atoms with Crippen molar-refractivity contribution in [3.8, 4) is 10.4 Å². The Labute approximate surface area is 217 Å². The van der Waals surface area contributed by atoms with Gasteiger partial charge < -0.3 is 20.6 Å². The summed E-state index contributed by atoms with van der Waals surface area (Å²) >= 11 is 1.04. The number of halogens is 3. The molecule has 0 spiro atoms. The van der Waals surface area contributed by atoms with Gasteiger partial charge in [0.15, 0.2) is 5.01 Å². The molecule has 37 heavy (non-hydrogen) atoms. The van der Waals surface area contributed by atoms with E-state index >= 15 is 0 Å². The molecule has 1 saturated carbocycles. The number of nitrogens with zero attached hydrogens (tertiary/aromatic N) is 3. The highest BCUT2D eigenvalue weighted by Gasteiger charge is 2.38. The van der Waals surface area contributed by atoms with Crippen LogP contribution < -0.4 is 10.6 Å². The molecule has 1 aliphatic heterocycles. The number of nitrogens with one attached hydrogen (secondary N) is 2. The molecule has 12 heteroatoms. The quantitative estimate of drug-likeness (QED) is 0.477. The highest BCUT2D eigenvalue weighted by molar-refractivity contribution is 7.17. The number of alkyl halides is 3. The summed E-state index contributed by atoms with van der Waals surface area (Å²) in [6.45, 7) is 5.71. The third kappa shape index (κ3) is 5.90. The van der Waals surface area contributed by atoms with Crippen LogP contribution in [0.25, 0.3) is 10.4 Å². The topological polar surface area (TPSA) is 107 Å². The highest BCUT2D eigenvalue weighted by Crippen LogP contribution is 2.36. The predicted octanol–water partition coefficient (Wildman–Crippen LogP) is 4.53. The van der Waals surface area contributed by atoms with Gasteiger partial charge in [0.05, 0.1) is 17.0 Å². The zero-order chi connectivity index (χ0) is 26.9. The van der Waals surface area contributed by atoms with Gasteiger partial charge in [-0.3, -0.25) is 9.59 Å². The van der Waals surface area contributed by atoms with E-state index in [1.165, 1.54) is 19.2 Å². The molecule has 2 aromatic rings. The number of carbonyl (C=O) groups is 2. The zero-order valence-electron chi connectivity index (χ0n) is 21.1. The smallest absolute Gasteiger partial charge is 0.391 e. The number of thiazole rings is 1. The van der Waals surface area contributed by atoms with Crippen LogP contribution in [0.1, 0.15) is 78.2 Å². The molecule has 4 rings (SSSR count). The van der Waals surface area contributed by atoms with Crippen LogP contribution in [0.4, 0.5) is 19.0 Å². The average molecular weight is 540 g/mol. The van der Waals surface area contributed by atoms with Gasteiger partial charge in [0.2, 0.25) is 0 Å². The number of likely N-dealkylation sites (tertiary alicyclic amines) is 1. The molecule has 0 radical (unpaired) electrons. The molecule has 2 fully saturated rings. The van der Waals surface area contributed by atoms with E-state index in [1.54, 1.807) is 11.8 Å². The van der Waals surface area contributed by atoms with Crippen molar-refractivity contribution in [3.05, 3.63) is 28.5 Å². The molecule has 1 aliphatic carbocycles. The first kappa shape index (κ1) is 27.3. The van der Waals surface area contributed by atoms with Crippen LogP contribution in [0, 0.1) is 6.92 Å². The number of anilines is 1. The molecule has 0 aromatic carbocycles. The van der Waals surface area contributed by atoms with Crippen LogP contribution in [0.3, 0.4) is 0 Å². The van der Waals surface area contributed by atoms with Crippen LogP contribution >= 0.6 is 11.3 Å². The summed E-state index contributed by atoms with van der Waals surface area (Å²) in [5.41, 5.74) is 1.25. The summed E-state index contributed by atoms with van der Waals surface area (Å²) < 4.78 is 39.7. The maximum absolute atomic E-state index is 13.5. The van der Waals surface area contributed by atoms with Gasteiger partial charge >= 0.3 is 6.18 Å². The van der Waals surface area contributed by atoms with Gasteiger partial charge in [-0.1, -0.05) is 6.92 Å². The Morgan fingerprint density at radius 1 is 1.27 bits per heavy atom. The Bertz CT molecular complexity index is 1160.